The maximum atomic E-state index is 10.2. The first kappa shape index (κ1) is 13.8. The second-order valence-electron chi connectivity index (χ2n) is 1.80. The molecule has 0 saturated heterocycles. The van der Waals surface area contributed by atoms with E-state index in [1.807, 2.05) is 6.26 Å². The Morgan fingerprint density at radius 3 is 2.55 bits per heavy atom. The summed E-state index contributed by atoms with van der Waals surface area (Å²) in [6.07, 6.45) is 2.32. The van der Waals surface area contributed by atoms with E-state index < -0.39 is 12.0 Å². The second kappa shape index (κ2) is 8.38. The molecule has 0 amide bonds. The fourth-order valence-electron chi connectivity index (χ4n) is 0.479. The number of carboxylic acid groups (broad SMARTS) is 1. The van der Waals surface area contributed by atoms with E-state index in [0.717, 1.165) is 5.75 Å². The molecule has 0 aromatic rings. The van der Waals surface area contributed by atoms with E-state index in [-0.39, 0.29) is 17.6 Å². The second-order valence-corrected chi connectivity index (χ2v) is 2.79. The summed E-state index contributed by atoms with van der Waals surface area (Å²) < 4.78 is 0. The predicted octanol–water partition coefficient (Wildman–Crippen LogP) is -1.28. The van der Waals surface area contributed by atoms with Crippen LogP contribution in [-0.4, -0.2) is 51.9 Å². The van der Waals surface area contributed by atoms with Crippen LogP contribution in [0, 0.1) is 0 Å². The summed E-state index contributed by atoms with van der Waals surface area (Å²) in [5.74, 6) is -0.290. The number of thioether (sulfide) groups is 1. The van der Waals surface area contributed by atoms with Gasteiger partial charge >= 0.3 is 23.6 Å². The monoisotopic (exact) mass is 243 g/mol. The van der Waals surface area contributed by atoms with E-state index in [1.54, 1.807) is 17.2 Å². The standard InChI is InChI=1S/C5H11NO3S.GeH4/c1-10-3-2-4(6-9)5(7)8;/h4,6,9H,2-3H2,1H3,(H,7,8);1H4. The fourth-order valence-corrected chi connectivity index (χ4v) is 0.950. The van der Waals surface area contributed by atoms with Crippen molar-refractivity contribution in [2.24, 2.45) is 0 Å². The van der Waals surface area contributed by atoms with Gasteiger partial charge in [-0.2, -0.15) is 17.2 Å². The predicted molar refractivity (Wildman–Crippen MR) is 50.7 cm³/mol. The van der Waals surface area contributed by atoms with Gasteiger partial charge in [0, 0.05) is 0 Å². The van der Waals surface area contributed by atoms with Crippen molar-refractivity contribution >= 4 is 35.3 Å². The van der Waals surface area contributed by atoms with Gasteiger partial charge in [0.1, 0.15) is 6.04 Å². The third-order valence-corrected chi connectivity index (χ3v) is 1.71. The molecule has 68 valence electrons. The average molecular weight is 242 g/mol. The molecule has 0 aliphatic carbocycles. The average Bonchev–Trinajstić information content (AvgIpc) is 1.89. The van der Waals surface area contributed by atoms with Crippen molar-refractivity contribution in [1.82, 2.24) is 5.48 Å². The summed E-state index contributed by atoms with van der Waals surface area (Å²) in [7, 11) is 0. The van der Waals surface area contributed by atoms with E-state index in [2.05, 4.69) is 0 Å². The Labute approximate surface area is 80.7 Å². The quantitative estimate of drug-likeness (QED) is 0.413. The molecule has 4 nitrogen and oxygen atoms in total. The van der Waals surface area contributed by atoms with Crippen LogP contribution in [0.4, 0.5) is 0 Å². The van der Waals surface area contributed by atoms with Gasteiger partial charge in [0.25, 0.3) is 0 Å². The number of hydroxylamine groups is 1. The van der Waals surface area contributed by atoms with Gasteiger partial charge in [0.2, 0.25) is 0 Å². The van der Waals surface area contributed by atoms with Crippen molar-refractivity contribution in [1.29, 1.82) is 0 Å². The van der Waals surface area contributed by atoms with Crippen molar-refractivity contribution in [3.8, 4) is 0 Å². The molecule has 0 aliphatic rings. The minimum absolute atomic E-state index is 0. The summed E-state index contributed by atoms with van der Waals surface area (Å²) in [6.45, 7) is 0. The number of carboxylic acids is 1. The van der Waals surface area contributed by atoms with Gasteiger partial charge in [-0.25, -0.2) is 0 Å². The van der Waals surface area contributed by atoms with Gasteiger partial charge in [0.15, 0.2) is 0 Å². The summed E-state index contributed by atoms with van der Waals surface area (Å²) >= 11 is 1.55. The van der Waals surface area contributed by atoms with Crippen molar-refractivity contribution in [3.05, 3.63) is 0 Å². The Bertz CT molecular complexity index is 114. The molecule has 0 saturated carbocycles. The Kier molecular flexibility index (Phi) is 10.5. The van der Waals surface area contributed by atoms with Gasteiger partial charge in [-0.15, -0.1) is 0 Å². The van der Waals surface area contributed by atoms with Crippen LogP contribution < -0.4 is 5.48 Å². The molecule has 0 spiro atoms. The number of aliphatic carboxylic acids is 1. The van der Waals surface area contributed by atoms with Crippen molar-refractivity contribution in [3.63, 3.8) is 0 Å². The number of hydrogen-bond donors (Lipinski definition) is 3. The van der Waals surface area contributed by atoms with Crippen molar-refractivity contribution in [2.75, 3.05) is 12.0 Å². The molecule has 3 N–H and O–H groups in total. The first-order chi connectivity index (χ1) is 4.72. The van der Waals surface area contributed by atoms with Gasteiger partial charge in [0.05, 0.1) is 0 Å². The molecule has 0 fully saturated rings. The van der Waals surface area contributed by atoms with Crippen LogP contribution in [0.15, 0.2) is 0 Å². The van der Waals surface area contributed by atoms with E-state index in [0.29, 0.717) is 6.42 Å². The third-order valence-electron chi connectivity index (χ3n) is 1.06. The number of carbonyl (C=O) groups is 1. The maximum absolute atomic E-state index is 10.2. The van der Waals surface area contributed by atoms with Gasteiger partial charge in [-0.1, -0.05) is 0 Å². The molecule has 1 unspecified atom stereocenters. The molecule has 6 heteroatoms. The summed E-state index contributed by atoms with van der Waals surface area (Å²) in [4.78, 5) is 10.2. The third kappa shape index (κ3) is 6.67. The van der Waals surface area contributed by atoms with Crippen molar-refractivity contribution in [2.45, 2.75) is 12.5 Å². The number of nitrogens with one attached hydrogen (secondary N) is 1. The summed E-state index contributed by atoms with van der Waals surface area (Å²) in [6, 6.07) is -0.826. The molecule has 0 heterocycles. The Hall–Kier alpha value is 0.283. The molecule has 0 aliphatic heterocycles. The zero-order chi connectivity index (χ0) is 7.98. The van der Waals surface area contributed by atoms with E-state index in [4.69, 9.17) is 10.3 Å². The van der Waals surface area contributed by atoms with Gasteiger partial charge in [-0.05, 0) is 18.4 Å². The van der Waals surface area contributed by atoms with Crippen LogP contribution in [0.25, 0.3) is 0 Å². The molecule has 0 bridgehead atoms. The van der Waals surface area contributed by atoms with E-state index in [1.165, 1.54) is 0 Å². The molecule has 0 rings (SSSR count). The molecule has 0 aromatic heterocycles. The van der Waals surface area contributed by atoms with Crippen LogP contribution in [0.5, 0.6) is 0 Å². The summed E-state index contributed by atoms with van der Waals surface area (Å²) in [5, 5.41) is 16.7. The zero-order valence-electron chi connectivity index (χ0n) is 5.70. The van der Waals surface area contributed by atoms with Crippen molar-refractivity contribution < 1.29 is 15.1 Å². The molecule has 11 heavy (non-hydrogen) atoms. The normalized spacial score (nSPS) is 11.8. The fraction of sp³-hybridized carbons (Fsp3) is 0.800. The van der Waals surface area contributed by atoms with Crippen LogP contribution in [0.1, 0.15) is 6.42 Å². The Morgan fingerprint density at radius 1 is 1.73 bits per heavy atom. The molecule has 0 radical (unpaired) electrons. The number of rotatable bonds is 5. The Balaban J connectivity index is 0. The van der Waals surface area contributed by atoms with Crippen LogP contribution in [-0.2, 0) is 4.79 Å². The molecule has 0 aromatic carbocycles. The van der Waals surface area contributed by atoms with Crippen LogP contribution in [0.3, 0.4) is 0 Å². The molecular formula is C5H15GeNO3S. The van der Waals surface area contributed by atoms with E-state index >= 15 is 0 Å². The first-order valence-electron chi connectivity index (χ1n) is 2.83. The first-order valence-corrected chi connectivity index (χ1v) is 4.23. The minimum atomic E-state index is -1.02. The SMILES string of the molecule is CSCCC(NO)C(=O)O.[GeH4]. The van der Waals surface area contributed by atoms with Gasteiger partial charge in [-0.3, -0.25) is 4.79 Å². The van der Waals surface area contributed by atoms with Crippen LogP contribution >= 0.6 is 11.8 Å². The summed E-state index contributed by atoms with van der Waals surface area (Å²) in [5.41, 5.74) is 1.72. The van der Waals surface area contributed by atoms with Gasteiger partial charge < -0.3 is 10.3 Å². The topological polar surface area (TPSA) is 69.6 Å². The van der Waals surface area contributed by atoms with Crippen LogP contribution in [0.2, 0.25) is 0 Å². The number of hydrogen-bond acceptors (Lipinski definition) is 4. The molecular weight excluding hydrogens is 227 g/mol. The Morgan fingerprint density at radius 2 is 2.27 bits per heavy atom. The molecule has 1 atom stereocenters. The zero-order valence-corrected chi connectivity index (χ0v) is 6.52. The van der Waals surface area contributed by atoms with E-state index in [9.17, 15) is 4.79 Å².